The molecule has 2 aliphatic rings. The van der Waals surface area contributed by atoms with Crippen molar-refractivity contribution >= 4 is 23.2 Å². The van der Waals surface area contributed by atoms with Crippen molar-refractivity contribution in [3.63, 3.8) is 0 Å². The topological polar surface area (TPSA) is 41.6 Å². The molecular formula is C16H21ClN2O2. The summed E-state index contributed by atoms with van der Waals surface area (Å²) in [6, 6.07) is 7.94. The van der Waals surface area contributed by atoms with Gasteiger partial charge in [-0.3, -0.25) is 4.79 Å². The predicted octanol–water partition coefficient (Wildman–Crippen LogP) is 2.46. The third-order valence-corrected chi connectivity index (χ3v) is 4.52. The standard InChI is InChI=1S/C16H21ClN2O2/c17-13-3-5-14(6-4-13)19-8-7-12(11-19)10-18-16(20)15-2-1-9-21-15/h3-6,12,15H,1-2,7-11H2,(H,18,20). The van der Waals surface area contributed by atoms with Gasteiger partial charge in [-0.2, -0.15) is 0 Å². The summed E-state index contributed by atoms with van der Waals surface area (Å²) in [5, 5.41) is 3.80. The highest BCUT2D eigenvalue weighted by molar-refractivity contribution is 6.30. The van der Waals surface area contributed by atoms with Crippen LogP contribution in [0.2, 0.25) is 5.02 Å². The Morgan fingerprint density at radius 2 is 2.14 bits per heavy atom. The molecule has 3 rings (SSSR count). The summed E-state index contributed by atoms with van der Waals surface area (Å²) in [4.78, 5) is 14.3. The minimum Gasteiger partial charge on any atom is -0.371 e. The second-order valence-electron chi connectivity index (χ2n) is 5.82. The monoisotopic (exact) mass is 308 g/mol. The lowest BCUT2D eigenvalue weighted by atomic mass is 10.1. The van der Waals surface area contributed by atoms with Gasteiger partial charge in [0.2, 0.25) is 5.91 Å². The molecule has 2 saturated heterocycles. The molecule has 0 saturated carbocycles. The third-order valence-electron chi connectivity index (χ3n) is 4.26. The summed E-state index contributed by atoms with van der Waals surface area (Å²) < 4.78 is 5.40. The van der Waals surface area contributed by atoms with Crippen molar-refractivity contribution in [3.05, 3.63) is 29.3 Å². The zero-order chi connectivity index (χ0) is 14.7. The Labute approximate surface area is 130 Å². The average molecular weight is 309 g/mol. The Morgan fingerprint density at radius 1 is 1.33 bits per heavy atom. The van der Waals surface area contributed by atoms with Gasteiger partial charge < -0.3 is 15.0 Å². The van der Waals surface area contributed by atoms with E-state index in [4.69, 9.17) is 16.3 Å². The summed E-state index contributed by atoms with van der Waals surface area (Å²) in [6.07, 6.45) is 2.73. The maximum Gasteiger partial charge on any atom is 0.249 e. The number of ether oxygens (including phenoxy) is 1. The minimum absolute atomic E-state index is 0.0532. The third kappa shape index (κ3) is 3.69. The first-order chi connectivity index (χ1) is 10.2. The van der Waals surface area contributed by atoms with E-state index in [9.17, 15) is 4.79 Å². The summed E-state index contributed by atoms with van der Waals surface area (Å²) in [5.74, 6) is 0.559. The summed E-state index contributed by atoms with van der Waals surface area (Å²) in [7, 11) is 0. The molecule has 2 fully saturated rings. The van der Waals surface area contributed by atoms with Crippen LogP contribution in [0.15, 0.2) is 24.3 Å². The number of halogens is 1. The van der Waals surface area contributed by atoms with E-state index in [-0.39, 0.29) is 12.0 Å². The predicted molar refractivity (Wildman–Crippen MR) is 83.8 cm³/mol. The van der Waals surface area contributed by atoms with Gasteiger partial charge in [-0.05, 0) is 49.4 Å². The van der Waals surface area contributed by atoms with Crippen LogP contribution in [-0.2, 0) is 9.53 Å². The lowest BCUT2D eigenvalue weighted by molar-refractivity contribution is -0.130. The number of anilines is 1. The maximum absolute atomic E-state index is 11.9. The molecule has 1 amide bonds. The Morgan fingerprint density at radius 3 is 2.86 bits per heavy atom. The van der Waals surface area contributed by atoms with E-state index in [2.05, 4.69) is 22.3 Å². The first-order valence-corrected chi connectivity index (χ1v) is 8.00. The molecular weight excluding hydrogens is 288 g/mol. The van der Waals surface area contributed by atoms with Crippen molar-refractivity contribution in [2.75, 3.05) is 31.1 Å². The largest absolute Gasteiger partial charge is 0.371 e. The Bertz CT molecular complexity index is 486. The highest BCUT2D eigenvalue weighted by Gasteiger charge is 2.26. The number of carbonyl (C=O) groups excluding carboxylic acids is 1. The van der Waals surface area contributed by atoms with Crippen LogP contribution in [0.5, 0.6) is 0 Å². The van der Waals surface area contributed by atoms with Crippen LogP contribution >= 0.6 is 11.6 Å². The van der Waals surface area contributed by atoms with Crippen molar-refractivity contribution in [2.45, 2.75) is 25.4 Å². The summed E-state index contributed by atoms with van der Waals surface area (Å²) in [5.41, 5.74) is 1.20. The van der Waals surface area contributed by atoms with E-state index < -0.39 is 0 Å². The normalized spacial score (nSPS) is 25.3. The van der Waals surface area contributed by atoms with Crippen LogP contribution in [0.1, 0.15) is 19.3 Å². The molecule has 2 atom stereocenters. The van der Waals surface area contributed by atoms with Gasteiger partial charge in [-0.15, -0.1) is 0 Å². The number of benzene rings is 1. The number of nitrogens with one attached hydrogen (secondary N) is 1. The van der Waals surface area contributed by atoms with Crippen molar-refractivity contribution in [2.24, 2.45) is 5.92 Å². The van der Waals surface area contributed by atoms with Crippen LogP contribution in [0.4, 0.5) is 5.69 Å². The minimum atomic E-state index is -0.223. The van der Waals surface area contributed by atoms with Crippen LogP contribution in [0, 0.1) is 5.92 Å². The molecule has 2 heterocycles. The highest BCUT2D eigenvalue weighted by Crippen LogP contribution is 2.25. The van der Waals surface area contributed by atoms with Crippen LogP contribution in [-0.4, -0.2) is 38.3 Å². The van der Waals surface area contributed by atoms with Gasteiger partial charge in [-0.25, -0.2) is 0 Å². The fourth-order valence-electron chi connectivity index (χ4n) is 3.03. The summed E-state index contributed by atoms with van der Waals surface area (Å²) >= 11 is 5.92. The molecule has 0 aliphatic carbocycles. The zero-order valence-electron chi connectivity index (χ0n) is 12.1. The van der Waals surface area contributed by atoms with E-state index in [1.165, 1.54) is 5.69 Å². The number of hydrogen-bond acceptors (Lipinski definition) is 3. The molecule has 0 aromatic heterocycles. The van der Waals surface area contributed by atoms with E-state index in [1.54, 1.807) is 0 Å². The Kier molecular flexibility index (Phi) is 4.66. The highest BCUT2D eigenvalue weighted by atomic mass is 35.5. The molecule has 21 heavy (non-hydrogen) atoms. The van der Waals surface area contributed by atoms with E-state index in [1.807, 2.05) is 12.1 Å². The Hall–Kier alpha value is -1.26. The van der Waals surface area contributed by atoms with E-state index in [0.717, 1.165) is 43.9 Å². The summed E-state index contributed by atoms with van der Waals surface area (Å²) in [6.45, 7) is 3.46. The smallest absolute Gasteiger partial charge is 0.249 e. The van der Waals surface area contributed by atoms with Crippen LogP contribution in [0.25, 0.3) is 0 Å². The molecule has 0 radical (unpaired) electrons. The van der Waals surface area contributed by atoms with Gasteiger partial charge in [0.25, 0.3) is 0 Å². The van der Waals surface area contributed by atoms with Crippen molar-refractivity contribution in [1.82, 2.24) is 5.32 Å². The average Bonchev–Trinajstić information content (AvgIpc) is 3.17. The van der Waals surface area contributed by atoms with Crippen molar-refractivity contribution < 1.29 is 9.53 Å². The molecule has 1 N–H and O–H groups in total. The second-order valence-corrected chi connectivity index (χ2v) is 6.26. The zero-order valence-corrected chi connectivity index (χ0v) is 12.8. The van der Waals surface area contributed by atoms with Gasteiger partial charge in [-0.1, -0.05) is 11.6 Å². The van der Waals surface area contributed by atoms with E-state index in [0.29, 0.717) is 12.5 Å². The fraction of sp³-hybridized carbons (Fsp3) is 0.562. The number of amides is 1. The number of carbonyl (C=O) groups is 1. The lowest BCUT2D eigenvalue weighted by Crippen LogP contribution is -2.37. The first-order valence-electron chi connectivity index (χ1n) is 7.62. The molecule has 5 heteroatoms. The van der Waals surface area contributed by atoms with Crippen molar-refractivity contribution in [3.8, 4) is 0 Å². The van der Waals surface area contributed by atoms with Gasteiger partial charge in [0.05, 0.1) is 0 Å². The first kappa shape index (κ1) is 14.7. The lowest BCUT2D eigenvalue weighted by Gasteiger charge is -2.19. The van der Waals surface area contributed by atoms with Crippen molar-refractivity contribution in [1.29, 1.82) is 0 Å². The van der Waals surface area contributed by atoms with E-state index >= 15 is 0 Å². The maximum atomic E-state index is 11.9. The molecule has 2 unspecified atom stereocenters. The molecule has 0 spiro atoms. The van der Waals surface area contributed by atoms with Gasteiger partial charge >= 0.3 is 0 Å². The molecule has 1 aromatic rings. The number of hydrogen-bond donors (Lipinski definition) is 1. The van der Waals surface area contributed by atoms with Gasteiger partial charge in [0.15, 0.2) is 0 Å². The Balaban J connectivity index is 1.46. The molecule has 0 bridgehead atoms. The quantitative estimate of drug-likeness (QED) is 0.929. The molecule has 4 nitrogen and oxygen atoms in total. The van der Waals surface area contributed by atoms with Gasteiger partial charge in [0, 0.05) is 37.0 Å². The number of rotatable bonds is 4. The number of nitrogens with zero attached hydrogens (tertiary/aromatic N) is 1. The van der Waals surface area contributed by atoms with Gasteiger partial charge in [0.1, 0.15) is 6.10 Å². The second kappa shape index (κ2) is 6.67. The molecule has 1 aromatic carbocycles. The fourth-order valence-corrected chi connectivity index (χ4v) is 3.15. The molecule has 114 valence electrons. The van der Waals surface area contributed by atoms with Crippen LogP contribution in [0.3, 0.4) is 0 Å². The SMILES string of the molecule is O=C(NCC1CCN(c2ccc(Cl)cc2)C1)C1CCCO1. The molecule has 2 aliphatic heterocycles. The van der Waals surface area contributed by atoms with Crippen LogP contribution < -0.4 is 10.2 Å².